The van der Waals surface area contributed by atoms with Crippen LogP contribution in [0.5, 0.6) is 5.88 Å². The van der Waals surface area contributed by atoms with Crippen LogP contribution in [-0.4, -0.2) is 16.3 Å². The number of fused-ring (bicyclic) bond motifs is 1. The number of hydrogen-bond donors (Lipinski definition) is 2. The van der Waals surface area contributed by atoms with Crippen LogP contribution in [0.25, 0.3) is 10.9 Å². The van der Waals surface area contributed by atoms with E-state index in [1.165, 1.54) is 0 Å². The summed E-state index contributed by atoms with van der Waals surface area (Å²) in [5.74, 6) is 0.0758. The molecule has 0 aliphatic rings. The van der Waals surface area contributed by atoms with Gasteiger partial charge in [0.25, 0.3) is 0 Å². The number of H-pyrrole nitrogens is 1. The summed E-state index contributed by atoms with van der Waals surface area (Å²) < 4.78 is 0.929. The van der Waals surface area contributed by atoms with Gasteiger partial charge in [0.05, 0.1) is 21.3 Å². The second-order valence-electron chi connectivity index (χ2n) is 4.43. The third-order valence-electron chi connectivity index (χ3n) is 3.03. The third kappa shape index (κ3) is 2.93. The molecule has 6 heteroatoms. The molecule has 0 unspecified atom stereocenters. The second kappa shape index (κ2) is 5.72. The zero-order chi connectivity index (χ0) is 15.0. The van der Waals surface area contributed by atoms with Gasteiger partial charge in [-0.3, -0.25) is 4.99 Å². The minimum Gasteiger partial charge on any atom is -0.494 e. The van der Waals surface area contributed by atoms with Crippen LogP contribution < -0.4 is 0 Å². The molecule has 0 aliphatic carbocycles. The highest BCUT2D eigenvalue weighted by molar-refractivity contribution is 9.10. The number of halogens is 3. The molecule has 0 aliphatic heterocycles. The molecule has 2 N–H and O–H groups in total. The van der Waals surface area contributed by atoms with Gasteiger partial charge in [-0.05, 0) is 36.4 Å². The molecule has 1 aromatic heterocycles. The summed E-state index contributed by atoms with van der Waals surface area (Å²) in [4.78, 5) is 7.24. The van der Waals surface area contributed by atoms with E-state index in [1.807, 2.05) is 18.2 Å². The Morgan fingerprint density at radius 3 is 2.67 bits per heavy atom. The van der Waals surface area contributed by atoms with Crippen LogP contribution in [0.4, 0.5) is 5.69 Å². The Bertz CT molecular complexity index is 858. The fourth-order valence-corrected chi connectivity index (χ4v) is 2.66. The lowest BCUT2D eigenvalue weighted by molar-refractivity contribution is 0.457. The fraction of sp³-hybridized carbons (Fsp3) is 0. The molecule has 0 fully saturated rings. The van der Waals surface area contributed by atoms with Crippen molar-refractivity contribution in [3.05, 3.63) is 56.5 Å². The van der Waals surface area contributed by atoms with Crippen LogP contribution in [0.2, 0.25) is 10.0 Å². The van der Waals surface area contributed by atoms with Crippen LogP contribution in [0.1, 0.15) is 5.56 Å². The van der Waals surface area contributed by atoms with E-state index in [0.29, 0.717) is 21.3 Å². The van der Waals surface area contributed by atoms with E-state index in [1.54, 1.807) is 24.4 Å². The summed E-state index contributed by atoms with van der Waals surface area (Å²) in [6.07, 6.45) is 1.60. The highest BCUT2D eigenvalue weighted by Crippen LogP contribution is 2.30. The van der Waals surface area contributed by atoms with Crippen LogP contribution in [-0.2, 0) is 0 Å². The van der Waals surface area contributed by atoms with Gasteiger partial charge in [-0.15, -0.1) is 0 Å². The van der Waals surface area contributed by atoms with Crippen LogP contribution >= 0.6 is 39.1 Å². The molecule has 1 heterocycles. The van der Waals surface area contributed by atoms with Crippen molar-refractivity contribution in [2.45, 2.75) is 0 Å². The normalized spacial score (nSPS) is 11.6. The van der Waals surface area contributed by atoms with Crippen molar-refractivity contribution < 1.29 is 5.11 Å². The molecule has 106 valence electrons. The first-order valence-electron chi connectivity index (χ1n) is 6.04. The van der Waals surface area contributed by atoms with Gasteiger partial charge in [0.1, 0.15) is 0 Å². The minimum atomic E-state index is 0.0758. The first-order valence-corrected chi connectivity index (χ1v) is 7.59. The molecule has 0 atom stereocenters. The largest absolute Gasteiger partial charge is 0.494 e. The number of hydrogen-bond acceptors (Lipinski definition) is 2. The molecule has 2 aromatic carbocycles. The predicted octanol–water partition coefficient (Wildman–Crippen LogP) is 5.69. The standard InChI is InChI=1S/C15H9BrCl2N2O/c16-8-1-4-14-10(5-8)11(15(21)20-14)7-19-9-2-3-12(17)13(18)6-9/h1-7,20-21H. The van der Waals surface area contributed by atoms with Gasteiger partial charge in [-0.25, -0.2) is 0 Å². The highest BCUT2D eigenvalue weighted by atomic mass is 79.9. The topological polar surface area (TPSA) is 48.4 Å². The Balaban J connectivity index is 2.04. The molecule has 3 nitrogen and oxygen atoms in total. The van der Waals surface area contributed by atoms with Crippen LogP contribution in [0.15, 0.2) is 45.9 Å². The van der Waals surface area contributed by atoms with E-state index in [4.69, 9.17) is 23.2 Å². The molecule has 0 radical (unpaired) electrons. The van der Waals surface area contributed by atoms with Crippen molar-refractivity contribution in [1.29, 1.82) is 0 Å². The van der Waals surface area contributed by atoms with E-state index in [0.717, 1.165) is 15.4 Å². The van der Waals surface area contributed by atoms with Crippen molar-refractivity contribution in [2.24, 2.45) is 4.99 Å². The molecular weight excluding hydrogens is 375 g/mol. The average Bonchev–Trinajstić information content (AvgIpc) is 2.75. The first kappa shape index (κ1) is 14.4. The highest BCUT2D eigenvalue weighted by Gasteiger charge is 2.09. The van der Waals surface area contributed by atoms with Gasteiger partial charge in [0, 0.05) is 21.6 Å². The lowest BCUT2D eigenvalue weighted by atomic mass is 10.2. The fourth-order valence-electron chi connectivity index (χ4n) is 2.01. The summed E-state index contributed by atoms with van der Waals surface area (Å²) in [7, 11) is 0. The Hall–Kier alpha value is -1.49. The summed E-state index contributed by atoms with van der Waals surface area (Å²) >= 11 is 15.2. The zero-order valence-electron chi connectivity index (χ0n) is 10.6. The van der Waals surface area contributed by atoms with Crippen LogP contribution in [0, 0.1) is 0 Å². The number of aliphatic imine (C=N–C) groups is 1. The minimum absolute atomic E-state index is 0.0758. The molecule has 3 aromatic rings. The van der Waals surface area contributed by atoms with Crippen molar-refractivity contribution in [2.75, 3.05) is 0 Å². The van der Waals surface area contributed by atoms with Gasteiger partial charge in [0.15, 0.2) is 5.88 Å². The van der Waals surface area contributed by atoms with Crippen molar-refractivity contribution in [3.8, 4) is 5.88 Å². The number of aromatic nitrogens is 1. The van der Waals surface area contributed by atoms with Gasteiger partial charge >= 0.3 is 0 Å². The quantitative estimate of drug-likeness (QED) is 0.548. The second-order valence-corrected chi connectivity index (χ2v) is 6.16. The number of nitrogens with one attached hydrogen (secondary N) is 1. The van der Waals surface area contributed by atoms with E-state index in [9.17, 15) is 5.11 Å². The van der Waals surface area contributed by atoms with Crippen molar-refractivity contribution >= 4 is 61.9 Å². The SMILES string of the molecule is Oc1[nH]c2ccc(Br)cc2c1C=Nc1ccc(Cl)c(Cl)c1. The Morgan fingerprint density at radius 1 is 1.10 bits per heavy atom. The Labute approximate surface area is 139 Å². The van der Waals surface area contributed by atoms with E-state index < -0.39 is 0 Å². The summed E-state index contributed by atoms with van der Waals surface area (Å²) in [5.41, 5.74) is 2.12. The average molecular weight is 384 g/mol. The number of aromatic hydroxyl groups is 1. The summed E-state index contributed by atoms with van der Waals surface area (Å²) in [6.45, 7) is 0. The third-order valence-corrected chi connectivity index (χ3v) is 4.26. The van der Waals surface area contributed by atoms with Gasteiger partial charge < -0.3 is 10.1 Å². The predicted molar refractivity (Wildman–Crippen MR) is 91.4 cm³/mol. The maximum atomic E-state index is 9.99. The molecule has 0 amide bonds. The summed E-state index contributed by atoms with van der Waals surface area (Å²) in [5, 5.41) is 11.8. The van der Waals surface area contributed by atoms with Gasteiger partial charge in [-0.1, -0.05) is 39.1 Å². The van der Waals surface area contributed by atoms with Gasteiger partial charge in [-0.2, -0.15) is 0 Å². The summed E-state index contributed by atoms with van der Waals surface area (Å²) in [6, 6.07) is 10.8. The molecule has 0 saturated carbocycles. The maximum Gasteiger partial charge on any atom is 0.198 e. The number of aromatic amines is 1. The lowest BCUT2D eigenvalue weighted by Gasteiger charge is -1.98. The van der Waals surface area contributed by atoms with E-state index in [2.05, 4.69) is 25.9 Å². The number of benzene rings is 2. The smallest absolute Gasteiger partial charge is 0.198 e. The number of rotatable bonds is 2. The molecular formula is C15H9BrCl2N2O. The molecule has 0 saturated heterocycles. The van der Waals surface area contributed by atoms with E-state index >= 15 is 0 Å². The van der Waals surface area contributed by atoms with Crippen LogP contribution in [0.3, 0.4) is 0 Å². The maximum absolute atomic E-state index is 9.99. The monoisotopic (exact) mass is 382 g/mol. The molecule has 0 bridgehead atoms. The lowest BCUT2D eigenvalue weighted by Crippen LogP contribution is -1.79. The Morgan fingerprint density at radius 2 is 1.90 bits per heavy atom. The van der Waals surface area contributed by atoms with Gasteiger partial charge in [0.2, 0.25) is 0 Å². The van der Waals surface area contributed by atoms with Crippen molar-refractivity contribution in [3.63, 3.8) is 0 Å². The molecule has 0 spiro atoms. The number of nitrogens with zero attached hydrogens (tertiary/aromatic N) is 1. The van der Waals surface area contributed by atoms with E-state index in [-0.39, 0.29) is 5.88 Å². The zero-order valence-corrected chi connectivity index (χ0v) is 13.7. The molecule has 21 heavy (non-hydrogen) atoms. The first-order chi connectivity index (χ1) is 10.0. The Kier molecular flexibility index (Phi) is 3.93. The van der Waals surface area contributed by atoms with Crippen molar-refractivity contribution in [1.82, 2.24) is 4.98 Å². The molecule has 3 rings (SSSR count).